The van der Waals surface area contributed by atoms with Crippen molar-refractivity contribution >= 4 is 17.5 Å². The molecule has 0 aliphatic carbocycles. The van der Waals surface area contributed by atoms with E-state index in [1.165, 1.54) is 6.33 Å². The van der Waals surface area contributed by atoms with E-state index in [2.05, 4.69) is 20.7 Å². The molecule has 8 nitrogen and oxygen atoms in total. The molecule has 1 aromatic heterocycles. The second kappa shape index (κ2) is 7.75. The third kappa shape index (κ3) is 4.02. The van der Waals surface area contributed by atoms with Gasteiger partial charge in [-0.15, -0.1) is 0 Å². The predicted molar refractivity (Wildman–Crippen MR) is 79.7 cm³/mol. The van der Waals surface area contributed by atoms with E-state index in [0.29, 0.717) is 45.1 Å². The normalized spacial score (nSPS) is 14.9. The third-order valence-electron chi connectivity index (χ3n) is 3.43. The summed E-state index contributed by atoms with van der Waals surface area (Å²) in [6, 6.07) is 0. The summed E-state index contributed by atoms with van der Waals surface area (Å²) in [6.07, 6.45) is 2.62. The van der Waals surface area contributed by atoms with E-state index in [1.807, 2.05) is 11.8 Å². The van der Waals surface area contributed by atoms with Gasteiger partial charge in [-0.2, -0.15) is 0 Å². The Bertz CT molecular complexity index is 476. The largest absolute Gasteiger partial charge is 0.378 e. The number of nitrogens with two attached hydrogens (primary N) is 1. The van der Waals surface area contributed by atoms with Crippen LogP contribution in [0.15, 0.2) is 6.33 Å². The molecule has 0 spiro atoms. The highest BCUT2D eigenvalue weighted by molar-refractivity contribution is 5.76. The second-order valence-corrected chi connectivity index (χ2v) is 4.72. The lowest BCUT2D eigenvalue weighted by Crippen LogP contribution is -2.41. The van der Waals surface area contributed by atoms with Gasteiger partial charge < -0.3 is 20.4 Å². The molecule has 2 rings (SSSR count). The molecule has 1 fully saturated rings. The van der Waals surface area contributed by atoms with Gasteiger partial charge in [0.25, 0.3) is 0 Å². The van der Waals surface area contributed by atoms with E-state index in [1.54, 1.807) is 0 Å². The van der Waals surface area contributed by atoms with E-state index in [4.69, 9.17) is 10.6 Å². The lowest BCUT2D eigenvalue weighted by molar-refractivity contribution is -0.134. The number of ether oxygens (including phenoxy) is 1. The molecule has 0 atom stereocenters. The summed E-state index contributed by atoms with van der Waals surface area (Å²) in [4.78, 5) is 22.1. The highest BCUT2D eigenvalue weighted by Gasteiger charge is 2.16. The molecule has 1 saturated heterocycles. The molecule has 1 aromatic rings. The van der Waals surface area contributed by atoms with Crippen LogP contribution in [0.5, 0.6) is 0 Å². The fourth-order valence-electron chi connectivity index (χ4n) is 2.28. The van der Waals surface area contributed by atoms with Crippen LogP contribution in [0.4, 0.5) is 11.6 Å². The van der Waals surface area contributed by atoms with Gasteiger partial charge in [0.2, 0.25) is 5.91 Å². The Hall–Kier alpha value is -1.93. The number of aromatic nitrogens is 2. The number of nitrogen functional groups attached to an aromatic ring is 1. The SMILES string of the molecule is CCc1c(NN)ncnc1NCCC(=O)N1CCOCC1. The topological polar surface area (TPSA) is 105 Å². The number of carbonyl (C=O) groups is 1. The van der Waals surface area contributed by atoms with Crippen molar-refractivity contribution in [1.29, 1.82) is 0 Å². The molecule has 1 aliphatic heterocycles. The van der Waals surface area contributed by atoms with Crippen LogP contribution in [0.25, 0.3) is 0 Å². The van der Waals surface area contributed by atoms with Crippen molar-refractivity contribution in [1.82, 2.24) is 14.9 Å². The Morgan fingerprint density at radius 3 is 2.76 bits per heavy atom. The van der Waals surface area contributed by atoms with Gasteiger partial charge in [-0.1, -0.05) is 6.92 Å². The molecule has 2 heterocycles. The van der Waals surface area contributed by atoms with Crippen molar-refractivity contribution in [2.75, 3.05) is 43.6 Å². The molecule has 1 aliphatic rings. The van der Waals surface area contributed by atoms with E-state index in [-0.39, 0.29) is 5.91 Å². The minimum Gasteiger partial charge on any atom is -0.378 e. The number of anilines is 2. The number of carbonyl (C=O) groups excluding carboxylic acids is 1. The van der Waals surface area contributed by atoms with Crippen LogP contribution in [0.2, 0.25) is 0 Å². The van der Waals surface area contributed by atoms with Crippen molar-refractivity contribution in [3.8, 4) is 0 Å². The Morgan fingerprint density at radius 2 is 2.10 bits per heavy atom. The average Bonchev–Trinajstić information content (AvgIpc) is 2.55. The summed E-state index contributed by atoms with van der Waals surface area (Å²) in [5.74, 6) is 6.89. The maximum absolute atomic E-state index is 12.0. The summed E-state index contributed by atoms with van der Waals surface area (Å²) < 4.78 is 5.23. The fourth-order valence-corrected chi connectivity index (χ4v) is 2.28. The number of hydrogen-bond acceptors (Lipinski definition) is 7. The van der Waals surface area contributed by atoms with E-state index < -0.39 is 0 Å². The molecule has 1 amide bonds. The smallest absolute Gasteiger partial charge is 0.224 e. The Balaban J connectivity index is 1.87. The zero-order chi connectivity index (χ0) is 15.1. The number of hydrazine groups is 1. The van der Waals surface area contributed by atoms with Crippen molar-refractivity contribution < 1.29 is 9.53 Å². The lowest BCUT2D eigenvalue weighted by atomic mass is 10.2. The van der Waals surface area contributed by atoms with Gasteiger partial charge in [0.05, 0.1) is 13.2 Å². The number of rotatable bonds is 6. The maximum atomic E-state index is 12.0. The van der Waals surface area contributed by atoms with Gasteiger partial charge in [0.1, 0.15) is 18.0 Å². The molecular formula is C13H22N6O2. The monoisotopic (exact) mass is 294 g/mol. The summed E-state index contributed by atoms with van der Waals surface area (Å²) in [6.45, 7) is 5.13. The first-order valence-corrected chi connectivity index (χ1v) is 7.16. The van der Waals surface area contributed by atoms with E-state index in [0.717, 1.165) is 17.8 Å². The molecule has 0 bridgehead atoms. The number of hydrogen-bond donors (Lipinski definition) is 3. The summed E-state index contributed by atoms with van der Waals surface area (Å²) in [7, 11) is 0. The minimum absolute atomic E-state index is 0.134. The summed E-state index contributed by atoms with van der Waals surface area (Å²) in [5.41, 5.74) is 3.47. The number of nitrogens with zero attached hydrogens (tertiary/aromatic N) is 3. The molecule has 0 unspecified atom stereocenters. The van der Waals surface area contributed by atoms with Crippen LogP contribution in [0, 0.1) is 0 Å². The molecule has 0 aromatic carbocycles. The third-order valence-corrected chi connectivity index (χ3v) is 3.43. The highest BCUT2D eigenvalue weighted by atomic mass is 16.5. The standard InChI is InChI=1S/C13H22N6O2/c1-2-10-12(16-9-17-13(10)18-14)15-4-3-11(20)19-5-7-21-8-6-19/h9H,2-8,14H2,1H3,(H2,15,16,17,18). The van der Waals surface area contributed by atoms with Crippen molar-refractivity contribution in [3.63, 3.8) is 0 Å². The van der Waals surface area contributed by atoms with Gasteiger partial charge in [0, 0.05) is 31.6 Å². The van der Waals surface area contributed by atoms with Gasteiger partial charge >= 0.3 is 0 Å². The quantitative estimate of drug-likeness (QED) is 0.500. The zero-order valence-corrected chi connectivity index (χ0v) is 12.3. The van der Waals surface area contributed by atoms with Crippen LogP contribution in [0.3, 0.4) is 0 Å². The summed E-state index contributed by atoms with van der Waals surface area (Å²) >= 11 is 0. The molecule has 0 radical (unpaired) electrons. The lowest BCUT2D eigenvalue weighted by Gasteiger charge is -2.27. The number of nitrogens with one attached hydrogen (secondary N) is 2. The fraction of sp³-hybridized carbons (Fsp3) is 0.615. The van der Waals surface area contributed by atoms with E-state index >= 15 is 0 Å². The Labute approximate surface area is 124 Å². The number of morpholine rings is 1. The molecule has 8 heteroatoms. The van der Waals surface area contributed by atoms with Crippen molar-refractivity contribution in [2.24, 2.45) is 5.84 Å². The maximum Gasteiger partial charge on any atom is 0.224 e. The Morgan fingerprint density at radius 1 is 1.38 bits per heavy atom. The van der Waals surface area contributed by atoms with Crippen molar-refractivity contribution in [3.05, 3.63) is 11.9 Å². The first kappa shape index (κ1) is 15.5. The van der Waals surface area contributed by atoms with Crippen LogP contribution in [-0.4, -0.2) is 53.6 Å². The molecule has 0 saturated carbocycles. The van der Waals surface area contributed by atoms with Crippen LogP contribution < -0.4 is 16.6 Å². The van der Waals surface area contributed by atoms with Gasteiger partial charge in [-0.05, 0) is 6.42 Å². The predicted octanol–water partition coefficient (Wildman–Crippen LogP) is -0.0146. The Kier molecular flexibility index (Phi) is 5.70. The molecule has 21 heavy (non-hydrogen) atoms. The molecular weight excluding hydrogens is 272 g/mol. The van der Waals surface area contributed by atoms with Gasteiger partial charge in [-0.3, -0.25) is 4.79 Å². The van der Waals surface area contributed by atoms with Gasteiger partial charge in [-0.25, -0.2) is 15.8 Å². The minimum atomic E-state index is 0.134. The average molecular weight is 294 g/mol. The van der Waals surface area contributed by atoms with Crippen LogP contribution >= 0.6 is 0 Å². The van der Waals surface area contributed by atoms with Crippen LogP contribution in [0.1, 0.15) is 18.9 Å². The highest BCUT2D eigenvalue weighted by Crippen LogP contribution is 2.19. The van der Waals surface area contributed by atoms with Crippen molar-refractivity contribution in [2.45, 2.75) is 19.8 Å². The first-order valence-electron chi connectivity index (χ1n) is 7.16. The second-order valence-electron chi connectivity index (χ2n) is 4.72. The first-order chi connectivity index (χ1) is 10.3. The molecule has 4 N–H and O–H groups in total. The zero-order valence-electron chi connectivity index (χ0n) is 12.3. The van der Waals surface area contributed by atoms with Crippen LogP contribution in [-0.2, 0) is 16.0 Å². The number of amides is 1. The molecule has 116 valence electrons. The van der Waals surface area contributed by atoms with Gasteiger partial charge in [0.15, 0.2) is 0 Å². The van der Waals surface area contributed by atoms with E-state index in [9.17, 15) is 4.79 Å². The summed E-state index contributed by atoms with van der Waals surface area (Å²) in [5, 5.41) is 3.18.